The first-order chi connectivity index (χ1) is 8.41. The molecule has 0 saturated carbocycles. The summed E-state index contributed by atoms with van der Waals surface area (Å²) >= 11 is 0. The maximum Gasteiger partial charge on any atom is 0.341 e. The van der Waals surface area contributed by atoms with Crippen molar-refractivity contribution in [3.05, 3.63) is 29.3 Å². The van der Waals surface area contributed by atoms with Gasteiger partial charge in [-0.15, -0.1) is 0 Å². The molecule has 1 heterocycles. The van der Waals surface area contributed by atoms with Gasteiger partial charge in [-0.25, -0.2) is 9.18 Å². The second kappa shape index (κ2) is 7.76. The molecule has 0 saturated heterocycles. The van der Waals surface area contributed by atoms with Gasteiger partial charge in [-0.1, -0.05) is 13.8 Å². The molecule has 18 heavy (non-hydrogen) atoms. The van der Waals surface area contributed by atoms with Crippen molar-refractivity contribution in [3.63, 3.8) is 0 Å². The lowest BCUT2D eigenvalue weighted by Gasteiger charge is -2.10. The van der Waals surface area contributed by atoms with Gasteiger partial charge < -0.3 is 10.5 Å². The van der Waals surface area contributed by atoms with Crippen molar-refractivity contribution < 1.29 is 13.9 Å². The zero-order valence-electron chi connectivity index (χ0n) is 11.5. The number of esters is 1. The molecule has 0 spiro atoms. The monoisotopic (exact) mass is 256 g/mol. The van der Waals surface area contributed by atoms with E-state index in [0.29, 0.717) is 5.69 Å². The van der Waals surface area contributed by atoms with Crippen LogP contribution >= 0.6 is 0 Å². The highest BCUT2D eigenvalue weighted by Crippen LogP contribution is 2.14. The number of carbonyl (C=O) groups excluding carboxylic acids is 1. The molecule has 0 amide bonds. The largest absolute Gasteiger partial charge is 0.459 e. The standard InChI is InChI=1S/C11H15FN2O2.C2H6/c1-6(2)16-11(15)8-4-10(7(3)13)14-5-9(8)12;1-2/h4-7H,13H2,1-3H3;1-2H3. The van der Waals surface area contributed by atoms with Crippen molar-refractivity contribution in [1.82, 2.24) is 4.98 Å². The molecule has 102 valence electrons. The zero-order valence-corrected chi connectivity index (χ0v) is 11.5. The second-order valence-corrected chi connectivity index (χ2v) is 3.83. The van der Waals surface area contributed by atoms with Gasteiger partial charge >= 0.3 is 5.97 Å². The van der Waals surface area contributed by atoms with E-state index in [0.717, 1.165) is 6.20 Å². The predicted molar refractivity (Wildman–Crippen MR) is 68.7 cm³/mol. The molecule has 2 N–H and O–H groups in total. The number of aromatic nitrogens is 1. The number of ether oxygens (including phenoxy) is 1. The van der Waals surface area contributed by atoms with E-state index in [1.165, 1.54) is 6.07 Å². The summed E-state index contributed by atoms with van der Waals surface area (Å²) in [5.74, 6) is -1.40. The quantitative estimate of drug-likeness (QED) is 0.844. The molecular weight excluding hydrogens is 235 g/mol. The summed E-state index contributed by atoms with van der Waals surface area (Å²) in [7, 11) is 0. The summed E-state index contributed by atoms with van der Waals surface area (Å²) in [5, 5.41) is 0. The first kappa shape index (κ1) is 16.5. The number of hydrogen-bond acceptors (Lipinski definition) is 4. The van der Waals surface area contributed by atoms with Crippen LogP contribution in [0.3, 0.4) is 0 Å². The van der Waals surface area contributed by atoms with Crippen LogP contribution in [0.25, 0.3) is 0 Å². The van der Waals surface area contributed by atoms with Crippen molar-refractivity contribution >= 4 is 5.97 Å². The number of pyridine rings is 1. The summed E-state index contributed by atoms with van der Waals surface area (Å²) in [6.45, 7) is 9.10. The Labute approximate surface area is 107 Å². The van der Waals surface area contributed by atoms with Gasteiger partial charge in [0.15, 0.2) is 5.82 Å². The fourth-order valence-electron chi connectivity index (χ4n) is 1.14. The molecule has 0 radical (unpaired) electrons. The third-order valence-corrected chi connectivity index (χ3v) is 1.91. The van der Waals surface area contributed by atoms with E-state index in [4.69, 9.17) is 10.5 Å². The number of nitrogens with zero attached hydrogens (tertiary/aromatic N) is 1. The van der Waals surface area contributed by atoms with Gasteiger partial charge in [0.25, 0.3) is 0 Å². The van der Waals surface area contributed by atoms with Crippen LogP contribution in [0.15, 0.2) is 12.3 Å². The Bertz CT molecular complexity index is 393. The lowest BCUT2D eigenvalue weighted by atomic mass is 10.1. The predicted octanol–water partition coefficient (Wildman–Crippen LogP) is 2.83. The molecule has 0 fully saturated rings. The van der Waals surface area contributed by atoms with Gasteiger partial charge in [0.2, 0.25) is 0 Å². The summed E-state index contributed by atoms with van der Waals surface area (Å²) < 4.78 is 18.2. The van der Waals surface area contributed by atoms with Crippen molar-refractivity contribution in [3.8, 4) is 0 Å². The van der Waals surface area contributed by atoms with Crippen LogP contribution in [0.5, 0.6) is 0 Å². The molecule has 0 bridgehead atoms. The van der Waals surface area contributed by atoms with Gasteiger partial charge in [-0.05, 0) is 26.8 Å². The second-order valence-electron chi connectivity index (χ2n) is 3.83. The first-order valence-electron chi connectivity index (χ1n) is 6.03. The van der Waals surface area contributed by atoms with E-state index in [9.17, 15) is 9.18 Å². The molecule has 1 atom stereocenters. The Kier molecular flexibility index (Phi) is 7.12. The van der Waals surface area contributed by atoms with E-state index in [-0.39, 0.29) is 17.7 Å². The molecule has 0 aliphatic heterocycles. The molecule has 0 aromatic carbocycles. The lowest BCUT2D eigenvalue weighted by Crippen LogP contribution is -2.15. The first-order valence-corrected chi connectivity index (χ1v) is 6.03. The van der Waals surface area contributed by atoms with Crippen molar-refractivity contribution in [2.24, 2.45) is 5.73 Å². The summed E-state index contributed by atoms with van der Waals surface area (Å²) in [6, 6.07) is 0.969. The number of nitrogens with two attached hydrogens (primary N) is 1. The van der Waals surface area contributed by atoms with E-state index in [2.05, 4.69) is 4.98 Å². The molecule has 0 aliphatic rings. The Morgan fingerprint density at radius 3 is 2.39 bits per heavy atom. The van der Waals surface area contributed by atoms with Crippen LogP contribution in [0.4, 0.5) is 4.39 Å². The molecule has 1 rings (SSSR count). The third kappa shape index (κ3) is 4.79. The third-order valence-electron chi connectivity index (χ3n) is 1.91. The SMILES string of the molecule is CC.CC(C)OC(=O)c1cc(C(C)N)ncc1F. The highest BCUT2D eigenvalue weighted by Gasteiger charge is 2.16. The van der Waals surface area contributed by atoms with Gasteiger partial charge in [0, 0.05) is 6.04 Å². The van der Waals surface area contributed by atoms with Crippen LogP contribution in [0, 0.1) is 5.82 Å². The molecular formula is C13H21FN2O2. The van der Waals surface area contributed by atoms with Crippen molar-refractivity contribution in [2.45, 2.75) is 46.8 Å². The summed E-state index contributed by atoms with van der Waals surface area (Å²) in [5.41, 5.74) is 5.92. The van der Waals surface area contributed by atoms with E-state index >= 15 is 0 Å². The van der Waals surface area contributed by atoms with E-state index in [1.54, 1.807) is 20.8 Å². The Morgan fingerprint density at radius 2 is 1.94 bits per heavy atom. The number of rotatable bonds is 3. The van der Waals surface area contributed by atoms with Crippen LogP contribution in [0.1, 0.15) is 56.7 Å². The minimum Gasteiger partial charge on any atom is -0.459 e. The average Bonchev–Trinajstić information content (AvgIpc) is 2.30. The number of carbonyl (C=O) groups is 1. The van der Waals surface area contributed by atoms with Gasteiger partial charge in [-0.3, -0.25) is 4.98 Å². The lowest BCUT2D eigenvalue weighted by molar-refractivity contribution is 0.0372. The van der Waals surface area contributed by atoms with Crippen molar-refractivity contribution in [1.29, 1.82) is 0 Å². The highest BCUT2D eigenvalue weighted by molar-refractivity contribution is 5.89. The molecule has 0 aliphatic carbocycles. The fourth-order valence-corrected chi connectivity index (χ4v) is 1.14. The average molecular weight is 256 g/mol. The van der Waals surface area contributed by atoms with E-state index < -0.39 is 11.8 Å². The fraction of sp³-hybridized carbons (Fsp3) is 0.538. The van der Waals surface area contributed by atoms with Gasteiger partial charge in [-0.2, -0.15) is 0 Å². The maximum atomic E-state index is 13.3. The van der Waals surface area contributed by atoms with Gasteiger partial charge in [0.05, 0.1) is 23.6 Å². The number of halogens is 1. The number of hydrogen-bond donors (Lipinski definition) is 1. The van der Waals surface area contributed by atoms with Gasteiger partial charge in [0.1, 0.15) is 0 Å². The Balaban J connectivity index is 0.00000137. The maximum absolute atomic E-state index is 13.3. The molecule has 5 heteroatoms. The zero-order chi connectivity index (χ0) is 14.3. The van der Waals surface area contributed by atoms with Crippen LogP contribution in [-0.4, -0.2) is 17.1 Å². The van der Waals surface area contributed by atoms with E-state index in [1.807, 2.05) is 13.8 Å². The molecule has 1 aromatic rings. The topological polar surface area (TPSA) is 65.2 Å². The summed E-state index contributed by atoms with van der Waals surface area (Å²) in [4.78, 5) is 15.3. The summed E-state index contributed by atoms with van der Waals surface area (Å²) in [6.07, 6.45) is 0.689. The molecule has 1 unspecified atom stereocenters. The normalized spacial score (nSPS) is 11.6. The Morgan fingerprint density at radius 1 is 1.39 bits per heavy atom. The molecule has 1 aromatic heterocycles. The van der Waals surface area contributed by atoms with Crippen LogP contribution < -0.4 is 5.73 Å². The minimum atomic E-state index is -0.699. The van der Waals surface area contributed by atoms with Crippen molar-refractivity contribution in [2.75, 3.05) is 0 Å². The van der Waals surface area contributed by atoms with Crippen LogP contribution in [-0.2, 0) is 4.74 Å². The smallest absolute Gasteiger partial charge is 0.341 e. The van der Waals surface area contributed by atoms with Crippen LogP contribution in [0.2, 0.25) is 0 Å². The highest BCUT2D eigenvalue weighted by atomic mass is 19.1. The molecule has 4 nitrogen and oxygen atoms in total. The Hall–Kier alpha value is -1.49. The minimum absolute atomic E-state index is 0.129.